The summed E-state index contributed by atoms with van der Waals surface area (Å²) in [4.78, 5) is 75.0. The Morgan fingerprint density at radius 2 is 1.08 bits per heavy atom. The first-order valence-electron chi connectivity index (χ1n) is 17.5. The maximum absolute atomic E-state index is 12.2. The zero-order valence-corrected chi connectivity index (χ0v) is 34.1. The summed E-state index contributed by atoms with van der Waals surface area (Å²) in [6, 6.07) is 19.5. The van der Waals surface area contributed by atoms with Crippen molar-refractivity contribution in [1.82, 2.24) is 19.6 Å². The van der Waals surface area contributed by atoms with E-state index in [0.717, 1.165) is 53.9 Å². The molecule has 22 nitrogen and oxygen atoms in total. The summed E-state index contributed by atoms with van der Waals surface area (Å²) in [6.07, 6.45) is 2.28. The molecule has 63 heavy (non-hydrogen) atoms. The molecule has 6 aromatic rings. The third-order valence-corrected chi connectivity index (χ3v) is 8.68. The summed E-state index contributed by atoms with van der Waals surface area (Å²) < 4.78 is 11.7. The Hall–Kier alpha value is -8.57. The van der Waals surface area contributed by atoms with Gasteiger partial charge in [0.25, 0.3) is 11.4 Å². The van der Waals surface area contributed by atoms with E-state index in [2.05, 4.69) is 24.9 Å². The van der Waals surface area contributed by atoms with Gasteiger partial charge in [-0.2, -0.15) is 14.9 Å². The topological polar surface area (TPSA) is 314 Å². The van der Waals surface area contributed by atoms with Crippen molar-refractivity contribution in [2.75, 3.05) is 14.2 Å². The van der Waals surface area contributed by atoms with E-state index in [1.165, 1.54) is 36.2 Å². The minimum atomic E-state index is -1.43. The van der Waals surface area contributed by atoms with E-state index in [0.29, 0.717) is 22.6 Å². The van der Waals surface area contributed by atoms with Gasteiger partial charge < -0.3 is 29.9 Å². The smallest absolute Gasteiger partial charge is 0.359 e. The van der Waals surface area contributed by atoms with Gasteiger partial charge in [0.15, 0.2) is 5.69 Å². The van der Waals surface area contributed by atoms with Crippen LogP contribution in [0.15, 0.2) is 94.9 Å². The van der Waals surface area contributed by atoms with E-state index < -0.39 is 50.9 Å². The molecule has 0 fully saturated rings. The summed E-state index contributed by atoms with van der Waals surface area (Å²) in [5.74, 6) is -4.83. The van der Waals surface area contributed by atoms with Crippen molar-refractivity contribution in [1.29, 1.82) is 0 Å². The first kappa shape index (κ1) is 47.1. The average molecular weight is 908 g/mol. The van der Waals surface area contributed by atoms with Crippen molar-refractivity contribution in [3.63, 3.8) is 0 Å². The fourth-order valence-corrected chi connectivity index (χ4v) is 5.48. The first-order valence-corrected chi connectivity index (χ1v) is 17.5. The Labute approximate surface area is 364 Å². The van der Waals surface area contributed by atoms with Crippen molar-refractivity contribution >= 4 is 59.1 Å². The number of methoxy groups -OCH3 is 2. The third kappa shape index (κ3) is 10.6. The number of hydrogen-bond acceptors (Lipinski definition) is 16. The van der Waals surface area contributed by atoms with Crippen LogP contribution in [0.1, 0.15) is 63.9 Å². The summed E-state index contributed by atoms with van der Waals surface area (Å²) >= 11 is 0. The number of carbonyl (C=O) groups excluding carboxylic acids is 2. The minimum absolute atomic E-state index is 0. The number of rotatable bonds is 12. The Morgan fingerprint density at radius 3 is 1.52 bits per heavy atom. The molecule has 0 atom stereocenters. The number of nitro benzene ring substituents is 2. The van der Waals surface area contributed by atoms with Crippen LogP contribution in [0.25, 0.3) is 11.4 Å². The number of hydrogen-bond donors (Lipinski definition) is 4. The summed E-state index contributed by atoms with van der Waals surface area (Å²) in [7, 11) is 2.41. The first-order chi connectivity index (χ1) is 29.4. The van der Waals surface area contributed by atoms with Gasteiger partial charge in [-0.05, 0) is 62.4 Å². The van der Waals surface area contributed by atoms with Crippen molar-refractivity contribution in [3.05, 3.63) is 150 Å². The summed E-state index contributed by atoms with van der Waals surface area (Å²) in [5, 5.41) is 70.0. The molecule has 2 heterocycles. The van der Waals surface area contributed by atoms with Crippen LogP contribution in [-0.4, -0.2) is 100 Å². The fourth-order valence-electron chi connectivity index (χ4n) is 5.48. The molecule has 0 saturated carbocycles. The van der Waals surface area contributed by atoms with Gasteiger partial charge >= 0.3 is 23.9 Å². The van der Waals surface area contributed by atoms with E-state index in [1.807, 2.05) is 6.92 Å². The van der Waals surface area contributed by atoms with Gasteiger partial charge in [0.1, 0.15) is 0 Å². The number of aromatic carboxylic acids is 2. The molecule has 2 aromatic heterocycles. The van der Waals surface area contributed by atoms with Gasteiger partial charge in [0.05, 0.1) is 80.3 Å². The van der Waals surface area contributed by atoms with Crippen LogP contribution in [0.4, 0.5) is 22.7 Å². The van der Waals surface area contributed by atoms with Crippen LogP contribution in [0.3, 0.4) is 0 Å². The number of ether oxygens (including phenoxy) is 2. The number of benzene rings is 4. The molecule has 0 amide bonds. The van der Waals surface area contributed by atoms with Crippen molar-refractivity contribution < 1.29 is 75.7 Å². The van der Waals surface area contributed by atoms with Crippen LogP contribution in [0.5, 0.6) is 11.8 Å². The molecule has 23 heteroatoms. The van der Waals surface area contributed by atoms with E-state index in [9.17, 15) is 59.8 Å². The van der Waals surface area contributed by atoms with Crippen LogP contribution >= 0.6 is 0 Å². The van der Waals surface area contributed by atoms with E-state index in [1.54, 1.807) is 43.3 Å². The van der Waals surface area contributed by atoms with E-state index in [4.69, 9.17) is 4.74 Å². The molecule has 325 valence electrons. The Kier molecular flexibility index (Phi) is 15.0. The number of carbonyl (C=O) groups is 4. The predicted octanol–water partition coefficient (Wildman–Crippen LogP) is 6.06. The Balaban J connectivity index is 0.000000272. The van der Waals surface area contributed by atoms with Crippen LogP contribution < -0.4 is 0 Å². The molecule has 0 saturated heterocycles. The molecule has 0 bridgehead atoms. The van der Waals surface area contributed by atoms with Gasteiger partial charge in [0.2, 0.25) is 11.8 Å². The third-order valence-electron chi connectivity index (χ3n) is 8.68. The number of esters is 2. The van der Waals surface area contributed by atoms with Crippen LogP contribution in [0, 0.1) is 34.1 Å². The molecule has 0 spiro atoms. The second-order valence-electron chi connectivity index (χ2n) is 12.6. The van der Waals surface area contributed by atoms with Gasteiger partial charge in [-0.3, -0.25) is 30.2 Å². The van der Waals surface area contributed by atoms with Gasteiger partial charge in [-0.25, -0.2) is 23.9 Å². The number of carboxylic acid groups (broad SMARTS) is 2. The fraction of sp³-hybridized carbons (Fsp3) is 0.100. The second kappa shape index (κ2) is 20.1. The average Bonchev–Trinajstić information content (AvgIpc) is 3.74. The Morgan fingerprint density at radius 1 is 0.651 bits per heavy atom. The van der Waals surface area contributed by atoms with Gasteiger partial charge in [-0.1, -0.05) is 17.7 Å². The van der Waals surface area contributed by atoms with Crippen molar-refractivity contribution in [3.8, 4) is 23.1 Å². The maximum Gasteiger partial charge on any atom is 0.359 e. The largest absolute Gasteiger partial charge is 0.493 e. The molecular formula is C40H32CoN8O14. The molecule has 0 unspecified atom stereocenters. The second-order valence-corrected chi connectivity index (χ2v) is 12.6. The summed E-state index contributed by atoms with van der Waals surface area (Å²) in [5.41, 5.74) is 0.811. The standard InChI is InChI=1S/2C20H16N4O7.Co/c1-11-16(10-21-17-8-7-14(24(29)30)9-15(17)19(26)27)18(25)23(22-11)13-5-3-12(4-6-13)20(28)31-2;1-11-3-5-12(6-4-11)23-18(25)15(17(22-23)20(28)31-2)10-21-16-8-7-13(24(29)30)9-14(16)19(26)27;/h2*3-10,25H,1-2H3,(H,26,27);. The number of non-ortho nitro benzene ring substituents is 2. The number of aliphatic imine (C=N–C) groups is 2. The molecule has 6 rings (SSSR count). The Bertz CT molecular complexity index is 2820. The minimum Gasteiger partial charge on any atom is -0.493 e. The van der Waals surface area contributed by atoms with E-state index in [-0.39, 0.29) is 62.1 Å². The molecule has 0 aliphatic heterocycles. The molecule has 4 aromatic carbocycles. The van der Waals surface area contributed by atoms with Crippen LogP contribution in [0.2, 0.25) is 0 Å². The monoisotopic (exact) mass is 907 g/mol. The predicted molar refractivity (Wildman–Crippen MR) is 217 cm³/mol. The number of carboxylic acids is 2. The van der Waals surface area contributed by atoms with Crippen molar-refractivity contribution in [2.24, 2.45) is 9.98 Å². The number of aromatic nitrogens is 4. The van der Waals surface area contributed by atoms with Gasteiger partial charge in [0, 0.05) is 53.5 Å². The zero-order chi connectivity index (χ0) is 45.4. The molecule has 0 aliphatic rings. The molecular weight excluding hydrogens is 875 g/mol. The number of aromatic hydroxyl groups is 2. The number of aryl methyl sites for hydroxylation is 2. The van der Waals surface area contributed by atoms with E-state index >= 15 is 0 Å². The summed E-state index contributed by atoms with van der Waals surface area (Å²) in [6.45, 7) is 3.50. The van der Waals surface area contributed by atoms with Gasteiger partial charge in [-0.15, -0.1) is 0 Å². The normalized spacial score (nSPS) is 10.7. The SMILES string of the molecule is COC(=O)c1ccc(-n2nc(C)c(C=Nc3ccc([N+](=O)[O-])cc3C(=O)O)c2O)cc1.COC(=O)c1nn(-c2ccc(C)cc2)c(O)c1C=Nc1ccc([N+](=O)[O-])cc1C(=O)O.[Co]. The number of nitro groups is 2. The van der Waals surface area contributed by atoms with Crippen LogP contribution in [-0.2, 0) is 26.3 Å². The molecule has 1 radical (unpaired) electrons. The molecule has 0 aliphatic carbocycles. The quantitative estimate of drug-likeness (QED) is 0.0469. The molecule has 4 N–H and O–H groups in total. The number of nitrogens with zero attached hydrogens (tertiary/aromatic N) is 8. The van der Waals surface area contributed by atoms with Crippen molar-refractivity contribution in [2.45, 2.75) is 13.8 Å². The maximum atomic E-state index is 12.2. The zero-order valence-electron chi connectivity index (χ0n) is 33.0.